The highest BCUT2D eigenvalue weighted by atomic mass is 32.2. The van der Waals surface area contributed by atoms with Crippen LogP contribution in [-0.4, -0.2) is 38.8 Å². The molecule has 7 heteroatoms. The number of carbonyl (C=O) groups is 1. The third-order valence-corrected chi connectivity index (χ3v) is 5.76. The molecule has 2 heterocycles. The summed E-state index contributed by atoms with van der Waals surface area (Å²) in [5, 5.41) is 7.76. The van der Waals surface area contributed by atoms with Crippen LogP contribution in [-0.2, 0) is 7.05 Å². The molecule has 128 valence electrons. The van der Waals surface area contributed by atoms with Gasteiger partial charge in [-0.3, -0.25) is 4.79 Å². The Hall–Kier alpha value is -2.02. The normalized spacial score (nSPS) is 20.6. The van der Waals surface area contributed by atoms with Gasteiger partial charge in [-0.25, -0.2) is 9.97 Å². The monoisotopic (exact) mass is 345 g/mol. The molecule has 0 bridgehead atoms. The van der Waals surface area contributed by atoms with E-state index >= 15 is 0 Å². The van der Waals surface area contributed by atoms with Crippen molar-refractivity contribution < 1.29 is 4.79 Å². The van der Waals surface area contributed by atoms with Gasteiger partial charge in [-0.1, -0.05) is 11.8 Å². The summed E-state index contributed by atoms with van der Waals surface area (Å²) in [5.74, 6) is 0.571. The van der Waals surface area contributed by atoms with Gasteiger partial charge in [0.15, 0.2) is 5.16 Å². The summed E-state index contributed by atoms with van der Waals surface area (Å²) in [4.78, 5) is 21.0. The lowest BCUT2D eigenvalue weighted by atomic mass is 9.94. The topological polar surface area (TPSA) is 71.8 Å². The van der Waals surface area contributed by atoms with Gasteiger partial charge in [-0.2, -0.15) is 0 Å². The molecule has 0 atom stereocenters. The van der Waals surface area contributed by atoms with Crippen molar-refractivity contribution in [2.75, 3.05) is 12.4 Å². The van der Waals surface area contributed by atoms with Gasteiger partial charge in [0.1, 0.15) is 5.82 Å². The lowest BCUT2D eigenvalue weighted by molar-refractivity contribution is 0.0928. The van der Waals surface area contributed by atoms with E-state index in [1.54, 1.807) is 25.4 Å². The number of nitrogens with one attached hydrogen (secondary N) is 2. The zero-order chi connectivity index (χ0) is 16.9. The fraction of sp³-hybridized carbons (Fsp3) is 0.471. The zero-order valence-electron chi connectivity index (χ0n) is 14.0. The number of hydrogen-bond donors (Lipinski definition) is 2. The molecule has 2 aromatic heterocycles. The first-order chi connectivity index (χ1) is 11.7. The molecule has 0 aliphatic heterocycles. The van der Waals surface area contributed by atoms with Gasteiger partial charge < -0.3 is 15.2 Å². The first-order valence-corrected chi connectivity index (χ1v) is 9.13. The summed E-state index contributed by atoms with van der Waals surface area (Å²) >= 11 is 1.84. The fourth-order valence-electron chi connectivity index (χ4n) is 2.99. The minimum absolute atomic E-state index is 0.0485. The molecule has 0 radical (unpaired) electrons. The van der Waals surface area contributed by atoms with Crippen molar-refractivity contribution in [1.82, 2.24) is 19.9 Å². The summed E-state index contributed by atoms with van der Waals surface area (Å²) in [6.45, 7) is 0. The van der Waals surface area contributed by atoms with Gasteiger partial charge in [0, 0.05) is 44.0 Å². The molecule has 1 amide bonds. The first-order valence-electron chi connectivity index (χ1n) is 8.25. The van der Waals surface area contributed by atoms with Crippen LogP contribution in [0.1, 0.15) is 36.0 Å². The Balaban J connectivity index is 1.52. The molecule has 1 aliphatic rings. The smallest absolute Gasteiger partial charge is 0.255 e. The largest absolute Gasteiger partial charge is 0.372 e. The summed E-state index contributed by atoms with van der Waals surface area (Å²) in [6, 6.07) is 3.83. The third-order valence-electron chi connectivity index (χ3n) is 4.35. The maximum Gasteiger partial charge on any atom is 0.255 e. The Morgan fingerprint density at radius 2 is 2.04 bits per heavy atom. The van der Waals surface area contributed by atoms with E-state index in [2.05, 4.69) is 25.2 Å². The molecular formula is C17H23N5OS. The number of anilines is 1. The van der Waals surface area contributed by atoms with Crippen molar-refractivity contribution in [2.24, 2.45) is 7.05 Å². The maximum absolute atomic E-state index is 12.5. The predicted octanol–water partition coefficient (Wildman–Crippen LogP) is 2.69. The molecule has 1 aliphatic carbocycles. The minimum atomic E-state index is -0.0485. The summed E-state index contributed by atoms with van der Waals surface area (Å²) < 4.78 is 2.06. The van der Waals surface area contributed by atoms with Gasteiger partial charge in [-0.15, -0.1) is 0 Å². The van der Waals surface area contributed by atoms with E-state index in [1.807, 2.05) is 31.2 Å². The number of thioether (sulfide) groups is 1. The quantitative estimate of drug-likeness (QED) is 0.872. The van der Waals surface area contributed by atoms with Crippen molar-refractivity contribution in [1.29, 1.82) is 0 Å². The number of imidazole rings is 1. The van der Waals surface area contributed by atoms with Crippen LogP contribution in [0.25, 0.3) is 0 Å². The molecule has 2 aromatic rings. The van der Waals surface area contributed by atoms with Crippen LogP contribution in [0, 0.1) is 0 Å². The van der Waals surface area contributed by atoms with Crippen LogP contribution in [0.4, 0.5) is 5.82 Å². The number of aryl methyl sites for hydroxylation is 1. The Labute approximate surface area is 146 Å². The second-order valence-electron chi connectivity index (χ2n) is 6.04. The SMILES string of the molecule is CNc1ncccc1C(=O)NC1CCC(Sc2nccn2C)CC1. The number of rotatable bonds is 5. The van der Waals surface area contributed by atoms with Crippen molar-refractivity contribution in [3.05, 3.63) is 36.3 Å². The van der Waals surface area contributed by atoms with E-state index in [1.165, 1.54) is 0 Å². The average molecular weight is 345 g/mol. The fourth-order valence-corrected chi connectivity index (χ4v) is 4.15. The van der Waals surface area contributed by atoms with Gasteiger partial charge in [0.25, 0.3) is 5.91 Å². The Morgan fingerprint density at radius 1 is 1.25 bits per heavy atom. The average Bonchev–Trinajstić information content (AvgIpc) is 3.01. The van der Waals surface area contributed by atoms with Gasteiger partial charge in [0.05, 0.1) is 5.56 Å². The molecule has 1 saturated carbocycles. The van der Waals surface area contributed by atoms with Gasteiger partial charge in [-0.05, 0) is 37.8 Å². The van der Waals surface area contributed by atoms with Gasteiger partial charge in [0.2, 0.25) is 0 Å². The molecular weight excluding hydrogens is 322 g/mol. The highest BCUT2D eigenvalue weighted by molar-refractivity contribution is 7.99. The molecule has 1 fully saturated rings. The number of pyridine rings is 1. The van der Waals surface area contributed by atoms with Crippen LogP contribution < -0.4 is 10.6 Å². The third kappa shape index (κ3) is 3.90. The Bertz CT molecular complexity index is 694. The molecule has 0 saturated heterocycles. The van der Waals surface area contributed by atoms with E-state index in [9.17, 15) is 4.79 Å². The first kappa shape index (κ1) is 16.8. The lowest BCUT2D eigenvalue weighted by Gasteiger charge is -2.28. The molecule has 2 N–H and O–H groups in total. The van der Waals surface area contributed by atoms with Crippen LogP contribution in [0.2, 0.25) is 0 Å². The Morgan fingerprint density at radius 3 is 2.71 bits per heavy atom. The molecule has 3 rings (SSSR count). The zero-order valence-corrected chi connectivity index (χ0v) is 14.8. The Kier molecular flexibility index (Phi) is 5.40. The van der Waals surface area contributed by atoms with E-state index < -0.39 is 0 Å². The summed E-state index contributed by atoms with van der Waals surface area (Å²) in [6.07, 6.45) is 9.68. The van der Waals surface area contributed by atoms with Crippen LogP contribution in [0.3, 0.4) is 0 Å². The molecule has 0 unspecified atom stereocenters. The number of carbonyl (C=O) groups excluding carboxylic acids is 1. The minimum Gasteiger partial charge on any atom is -0.372 e. The van der Waals surface area contributed by atoms with Crippen molar-refractivity contribution >= 4 is 23.5 Å². The van der Waals surface area contributed by atoms with Crippen LogP contribution in [0.15, 0.2) is 35.9 Å². The van der Waals surface area contributed by atoms with E-state index in [0.29, 0.717) is 16.6 Å². The number of hydrogen-bond acceptors (Lipinski definition) is 5. The number of aromatic nitrogens is 3. The standard InChI is InChI=1S/C17H23N5OS/c1-18-15-14(4-3-9-19-15)16(23)21-12-5-7-13(8-6-12)24-17-20-10-11-22(17)2/h3-4,9-13H,5-8H2,1-2H3,(H,18,19)(H,21,23). The van der Waals surface area contributed by atoms with Crippen LogP contribution >= 0.6 is 11.8 Å². The predicted molar refractivity (Wildman–Crippen MR) is 96.4 cm³/mol. The highest BCUT2D eigenvalue weighted by Gasteiger charge is 2.25. The second-order valence-corrected chi connectivity index (χ2v) is 7.30. The van der Waals surface area contributed by atoms with Gasteiger partial charge >= 0.3 is 0 Å². The molecule has 24 heavy (non-hydrogen) atoms. The molecule has 6 nitrogen and oxygen atoms in total. The summed E-state index contributed by atoms with van der Waals surface area (Å²) in [5.41, 5.74) is 0.601. The molecule has 0 aromatic carbocycles. The highest BCUT2D eigenvalue weighted by Crippen LogP contribution is 2.32. The van der Waals surface area contributed by atoms with Crippen molar-refractivity contribution in [3.63, 3.8) is 0 Å². The second kappa shape index (κ2) is 7.70. The van der Waals surface area contributed by atoms with E-state index in [0.717, 1.165) is 30.8 Å². The van der Waals surface area contributed by atoms with Crippen LogP contribution in [0.5, 0.6) is 0 Å². The summed E-state index contributed by atoms with van der Waals surface area (Å²) in [7, 11) is 3.80. The maximum atomic E-state index is 12.5. The van der Waals surface area contributed by atoms with E-state index in [4.69, 9.17) is 0 Å². The number of amides is 1. The molecule has 0 spiro atoms. The van der Waals surface area contributed by atoms with Crippen molar-refractivity contribution in [2.45, 2.75) is 42.1 Å². The lowest BCUT2D eigenvalue weighted by Crippen LogP contribution is -2.38. The van der Waals surface area contributed by atoms with Crippen molar-refractivity contribution in [3.8, 4) is 0 Å². The van der Waals surface area contributed by atoms with E-state index in [-0.39, 0.29) is 11.9 Å². The number of nitrogens with zero attached hydrogens (tertiary/aromatic N) is 3.